The average Bonchev–Trinajstić information content (AvgIpc) is 2.98. The summed E-state index contributed by atoms with van der Waals surface area (Å²) in [7, 11) is 0. The maximum Gasteiger partial charge on any atom is 0.228 e. The summed E-state index contributed by atoms with van der Waals surface area (Å²) in [6.45, 7) is 3.51. The molecular weight excluding hydrogens is 307 g/mol. The Morgan fingerprint density at radius 2 is 2.04 bits per heavy atom. The third-order valence-corrected chi connectivity index (χ3v) is 3.59. The van der Waals surface area contributed by atoms with Crippen LogP contribution in [0.1, 0.15) is 17.0 Å². The van der Waals surface area contributed by atoms with Gasteiger partial charge in [-0.05, 0) is 43.2 Å². The number of rotatable bonds is 4. The maximum atomic E-state index is 13.3. The molecule has 122 valence electrons. The highest BCUT2D eigenvalue weighted by Gasteiger charge is 2.08. The van der Waals surface area contributed by atoms with E-state index in [0.29, 0.717) is 17.1 Å². The largest absolute Gasteiger partial charge is 0.326 e. The van der Waals surface area contributed by atoms with Gasteiger partial charge in [-0.25, -0.2) is 9.37 Å². The van der Waals surface area contributed by atoms with Crippen molar-refractivity contribution in [2.75, 3.05) is 5.32 Å². The molecule has 0 aliphatic carbocycles. The molecule has 1 amide bonds. The van der Waals surface area contributed by atoms with Crippen LogP contribution < -0.4 is 5.32 Å². The maximum absolute atomic E-state index is 13.3. The molecule has 24 heavy (non-hydrogen) atoms. The second kappa shape index (κ2) is 6.62. The van der Waals surface area contributed by atoms with Gasteiger partial charge in [0.1, 0.15) is 11.6 Å². The van der Waals surface area contributed by atoms with Crippen molar-refractivity contribution in [3.63, 3.8) is 0 Å². The van der Waals surface area contributed by atoms with Crippen molar-refractivity contribution in [2.45, 2.75) is 20.3 Å². The number of benzene rings is 2. The van der Waals surface area contributed by atoms with Crippen LogP contribution in [-0.2, 0) is 11.2 Å². The minimum absolute atomic E-state index is 0.163. The van der Waals surface area contributed by atoms with Crippen LogP contribution in [0.5, 0.6) is 0 Å². The van der Waals surface area contributed by atoms with Crippen LogP contribution in [-0.4, -0.2) is 21.1 Å². The quantitative estimate of drug-likeness (QED) is 0.772. The monoisotopic (exact) mass is 324 g/mol. The van der Waals surface area contributed by atoms with E-state index in [1.54, 1.807) is 25.1 Å². The molecule has 3 aromatic rings. The molecule has 2 N–H and O–H groups in total. The molecule has 6 heteroatoms. The molecule has 2 aromatic carbocycles. The minimum Gasteiger partial charge on any atom is -0.326 e. The number of nitrogens with zero attached hydrogens (tertiary/aromatic N) is 2. The van der Waals surface area contributed by atoms with Crippen LogP contribution in [0.15, 0.2) is 42.5 Å². The summed E-state index contributed by atoms with van der Waals surface area (Å²) >= 11 is 0. The highest BCUT2D eigenvalue weighted by atomic mass is 19.1. The SMILES string of the molecule is Cc1nc(-c2cccc(NC(=O)Cc3ccc(F)c(C)c3)c2)n[nH]1. The first-order chi connectivity index (χ1) is 11.5. The first kappa shape index (κ1) is 15.9. The van der Waals surface area contributed by atoms with Gasteiger partial charge in [-0.2, -0.15) is 5.10 Å². The van der Waals surface area contributed by atoms with E-state index in [4.69, 9.17) is 0 Å². The Kier molecular flexibility index (Phi) is 4.37. The zero-order chi connectivity index (χ0) is 17.1. The predicted octanol–water partition coefficient (Wildman–Crippen LogP) is 3.41. The summed E-state index contributed by atoms with van der Waals surface area (Å²) in [6, 6.07) is 12.0. The molecule has 0 aliphatic heterocycles. The number of hydrogen-bond acceptors (Lipinski definition) is 3. The van der Waals surface area contributed by atoms with Crippen LogP contribution in [0.2, 0.25) is 0 Å². The van der Waals surface area contributed by atoms with Crippen molar-refractivity contribution < 1.29 is 9.18 Å². The average molecular weight is 324 g/mol. The fourth-order valence-electron chi connectivity index (χ4n) is 2.42. The van der Waals surface area contributed by atoms with Gasteiger partial charge in [-0.1, -0.05) is 24.3 Å². The summed E-state index contributed by atoms with van der Waals surface area (Å²) < 4.78 is 13.3. The van der Waals surface area contributed by atoms with Gasteiger partial charge in [-0.15, -0.1) is 0 Å². The number of nitrogens with one attached hydrogen (secondary N) is 2. The van der Waals surface area contributed by atoms with Gasteiger partial charge in [-0.3, -0.25) is 9.89 Å². The third kappa shape index (κ3) is 3.65. The van der Waals surface area contributed by atoms with Gasteiger partial charge in [0.05, 0.1) is 6.42 Å². The van der Waals surface area contributed by atoms with E-state index < -0.39 is 0 Å². The number of halogens is 1. The molecule has 0 spiro atoms. The molecule has 3 rings (SSSR count). The van der Waals surface area contributed by atoms with Crippen molar-refractivity contribution >= 4 is 11.6 Å². The molecule has 0 saturated heterocycles. The Balaban J connectivity index is 1.71. The topological polar surface area (TPSA) is 70.7 Å². The molecule has 0 atom stereocenters. The fourth-order valence-corrected chi connectivity index (χ4v) is 2.42. The van der Waals surface area contributed by atoms with E-state index in [-0.39, 0.29) is 18.1 Å². The Labute approximate surface area is 138 Å². The number of carbonyl (C=O) groups excluding carboxylic acids is 1. The number of aromatic nitrogens is 3. The Hall–Kier alpha value is -3.02. The highest BCUT2D eigenvalue weighted by Crippen LogP contribution is 2.19. The van der Waals surface area contributed by atoms with Gasteiger partial charge in [0.15, 0.2) is 5.82 Å². The van der Waals surface area contributed by atoms with Gasteiger partial charge in [0.25, 0.3) is 0 Å². The molecule has 0 unspecified atom stereocenters. The van der Waals surface area contributed by atoms with Gasteiger partial charge < -0.3 is 5.32 Å². The summed E-state index contributed by atoms with van der Waals surface area (Å²) in [5.41, 5.74) is 2.78. The van der Waals surface area contributed by atoms with Gasteiger partial charge >= 0.3 is 0 Å². The molecule has 0 bridgehead atoms. The van der Waals surface area contributed by atoms with E-state index in [0.717, 1.165) is 17.0 Å². The van der Waals surface area contributed by atoms with Crippen LogP contribution in [0, 0.1) is 19.7 Å². The van der Waals surface area contributed by atoms with Crippen LogP contribution >= 0.6 is 0 Å². The standard InChI is InChI=1S/C18H17FN4O/c1-11-8-13(6-7-16(11)19)9-17(24)21-15-5-3-4-14(10-15)18-20-12(2)22-23-18/h3-8,10H,9H2,1-2H3,(H,21,24)(H,20,22,23). The molecule has 1 heterocycles. The van der Waals surface area contributed by atoms with Crippen LogP contribution in [0.25, 0.3) is 11.4 Å². The molecular formula is C18H17FN4O. The molecule has 0 aliphatic rings. The number of aromatic amines is 1. The summed E-state index contributed by atoms with van der Waals surface area (Å²) in [6.07, 6.45) is 0.186. The number of carbonyl (C=O) groups is 1. The van der Waals surface area contributed by atoms with E-state index in [1.807, 2.05) is 25.1 Å². The zero-order valence-electron chi connectivity index (χ0n) is 13.4. The second-order valence-corrected chi connectivity index (χ2v) is 5.63. The lowest BCUT2D eigenvalue weighted by Gasteiger charge is -2.07. The number of amides is 1. The van der Waals surface area contributed by atoms with Crippen molar-refractivity contribution in [1.82, 2.24) is 15.2 Å². The Morgan fingerprint density at radius 3 is 2.75 bits per heavy atom. The first-order valence-electron chi connectivity index (χ1n) is 7.55. The lowest BCUT2D eigenvalue weighted by molar-refractivity contribution is -0.115. The normalized spacial score (nSPS) is 10.6. The second-order valence-electron chi connectivity index (χ2n) is 5.63. The Morgan fingerprint density at radius 1 is 1.21 bits per heavy atom. The van der Waals surface area contributed by atoms with Crippen molar-refractivity contribution in [2.24, 2.45) is 0 Å². The lowest BCUT2D eigenvalue weighted by Crippen LogP contribution is -2.14. The molecule has 1 aromatic heterocycles. The van der Waals surface area contributed by atoms with Gasteiger partial charge in [0.2, 0.25) is 5.91 Å². The summed E-state index contributed by atoms with van der Waals surface area (Å²) in [5, 5.41) is 9.74. The Bertz CT molecular complexity index is 888. The molecule has 5 nitrogen and oxygen atoms in total. The molecule has 0 saturated carbocycles. The zero-order valence-corrected chi connectivity index (χ0v) is 13.4. The number of H-pyrrole nitrogens is 1. The van der Waals surface area contributed by atoms with Gasteiger partial charge in [0, 0.05) is 11.3 Å². The smallest absolute Gasteiger partial charge is 0.228 e. The first-order valence-corrected chi connectivity index (χ1v) is 7.55. The highest BCUT2D eigenvalue weighted by molar-refractivity contribution is 5.92. The van der Waals surface area contributed by atoms with E-state index >= 15 is 0 Å². The minimum atomic E-state index is -0.270. The van der Waals surface area contributed by atoms with Crippen LogP contribution in [0.4, 0.5) is 10.1 Å². The lowest BCUT2D eigenvalue weighted by atomic mass is 10.1. The van der Waals surface area contributed by atoms with Crippen molar-refractivity contribution in [3.8, 4) is 11.4 Å². The van der Waals surface area contributed by atoms with Crippen molar-refractivity contribution in [3.05, 3.63) is 65.2 Å². The van der Waals surface area contributed by atoms with E-state index in [9.17, 15) is 9.18 Å². The predicted molar refractivity (Wildman–Crippen MR) is 90.0 cm³/mol. The molecule has 0 fully saturated rings. The van der Waals surface area contributed by atoms with Crippen molar-refractivity contribution in [1.29, 1.82) is 0 Å². The third-order valence-electron chi connectivity index (χ3n) is 3.59. The number of anilines is 1. The summed E-state index contributed by atoms with van der Waals surface area (Å²) in [4.78, 5) is 16.5. The van der Waals surface area contributed by atoms with E-state index in [2.05, 4.69) is 20.5 Å². The molecule has 0 radical (unpaired) electrons. The summed E-state index contributed by atoms with van der Waals surface area (Å²) in [5.74, 6) is 0.877. The fraction of sp³-hybridized carbons (Fsp3) is 0.167. The van der Waals surface area contributed by atoms with E-state index in [1.165, 1.54) is 6.07 Å². The number of hydrogen-bond donors (Lipinski definition) is 2. The number of aryl methyl sites for hydroxylation is 2. The van der Waals surface area contributed by atoms with Crippen LogP contribution in [0.3, 0.4) is 0 Å².